The third-order valence-electron chi connectivity index (χ3n) is 3.01. The molecule has 0 saturated carbocycles. The molecule has 5 nitrogen and oxygen atoms in total. The smallest absolute Gasteiger partial charge is 0.243 e. The van der Waals surface area contributed by atoms with Gasteiger partial charge in [-0.15, -0.1) is 11.3 Å². The van der Waals surface area contributed by atoms with E-state index >= 15 is 0 Å². The molecule has 2 amide bonds. The molecule has 2 rings (SSSR count). The van der Waals surface area contributed by atoms with E-state index in [0.29, 0.717) is 6.54 Å². The summed E-state index contributed by atoms with van der Waals surface area (Å²) in [4.78, 5) is 26.0. The van der Waals surface area contributed by atoms with Crippen LogP contribution in [0.5, 0.6) is 0 Å². The van der Waals surface area contributed by atoms with Crippen LogP contribution in [0.15, 0.2) is 15.9 Å². The molecule has 1 aromatic rings. The van der Waals surface area contributed by atoms with E-state index in [1.807, 2.05) is 16.3 Å². The molecule has 0 bridgehead atoms. The number of imide groups is 1. The van der Waals surface area contributed by atoms with E-state index in [2.05, 4.69) is 21.2 Å². The Morgan fingerprint density at radius 1 is 1.67 bits per heavy atom. The molecule has 0 spiro atoms. The lowest BCUT2D eigenvalue weighted by Crippen LogP contribution is -2.58. The molecule has 1 fully saturated rings. The second-order valence-corrected chi connectivity index (χ2v) is 6.04. The fraction of sp³-hybridized carbons (Fsp3) is 0.455. The number of piperazine rings is 1. The van der Waals surface area contributed by atoms with Crippen LogP contribution in [-0.4, -0.2) is 35.8 Å². The van der Waals surface area contributed by atoms with Crippen molar-refractivity contribution in [1.29, 1.82) is 0 Å². The van der Waals surface area contributed by atoms with Crippen LogP contribution in [0.1, 0.15) is 17.8 Å². The number of nitrogens with one attached hydrogen (secondary N) is 1. The molecular formula is C11H14BrN3O2S. The lowest BCUT2D eigenvalue weighted by atomic mass is 10.1. The third kappa shape index (κ3) is 2.64. The normalized spacial score (nSPS) is 22.9. The van der Waals surface area contributed by atoms with Crippen molar-refractivity contribution < 1.29 is 9.59 Å². The fourth-order valence-electron chi connectivity index (χ4n) is 2.03. The Bertz CT molecular complexity index is 477. The van der Waals surface area contributed by atoms with Crippen LogP contribution in [0, 0.1) is 0 Å². The van der Waals surface area contributed by atoms with Crippen LogP contribution < -0.4 is 11.1 Å². The van der Waals surface area contributed by atoms with E-state index in [-0.39, 0.29) is 30.4 Å². The Morgan fingerprint density at radius 3 is 2.94 bits per heavy atom. The molecule has 0 aliphatic carbocycles. The van der Waals surface area contributed by atoms with Gasteiger partial charge in [0.2, 0.25) is 11.8 Å². The van der Waals surface area contributed by atoms with Crippen LogP contribution >= 0.6 is 27.3 Å². The molecule has 1 aliphatic heterocycles. The molecule has 0 aromatic carbocycles. The highest BCUT2D eigenvalue weighted by Gasteiger charge is 2.35. The van der Waals surface area contributed by atoms with Gasteiger partial charge >= 0.3 is 0 Å². The maximum absolute atomic E-state index is 11.7. The van der Waals surface area contributed by atoms with E-state index in [1.165, 1.54) is 0 Å². The van der Waals surface area contributed by atoms with E-state index in [4.69, 9.17) is 5.73 Å². The lowest BCUT2D eigenvalue weighted by molar-refractivity contribution is -0.140. The van der Waals surface area contributed by atoms with Crippen molar-refractivity contribution in [1.82, 2.24) is 10.2 Å². The Kier molecular flexibility index (Phi) is 4.16. The number of carbonyl (C=O) groups is 2. The number of thiophene rings is 1. The quantitative estimate of drug-likeness (QED) is 0.805. The van der Waals surface area contributed by atoms with Crippen molar-refractivity contribution in [2.75, 3.05) is 13.1 Å². The minimum absolute atomic E-state index is 0.105. The zero-order chi connectivity index (χ0) is 13.3. The second kappa shape index (κ2) is 5.48. The molecular weight excluding hydrogens is 318 g/mol. The maximum Gasteiger partial charge on any atom is 0.243 e. The number of hydrogen-bond acceptors (Lipinski definition) is 5. The first kappa shape index (κ1) is 13.7. The maximum atomic E-state index is 11.7. The van der Waals surface area contributed by atoms with Crippen LogP contribution in [0.25, 0.3) is 0 Å². The summed E-state index contributed by atoms with van der Waals surface area (Å²) in [7, 11) is 0. The highest BCUT2D eigenvalue weighted by Crippen LogP contribution is 2.30. The summed E-state index contributed by atoms with van der Waals surface area (Å²) in [6.07, 6.45) is 0. The van der Waals surface area contributed by atoms with Gasteiger partial charge < -0.3 is 5.73 Å². The van der Waals surface area contributed by atoms with Crippen molar-refractivity contribution in [3.63, 3.8) is 0 Å². The van der Waals surface area contributed by atoms with Gasteiger partial charge in [-0.2, -0.15) is 0 Å². The molecule has 1 saturated heterocycles. The minimum Gasteiger partial charge on any atom is -0.329 e. The first-order valence-corrected chi connectivity index (χ1v) is 7.23. The number of nitrogens with two attached hydrogens (primary N) is 1. The number of hydrogen-bond donors (Lipinski definition) is 2. The highest BCUT2D eigenvalue weighted by atomic mass is 79.9. The Hall–Kier alpha value is -0.760. The Labute approximate surface area is 117 Å². The largest absolute Gasteiger partial charge is 0.329 e. The second-order valence-electron chi connectivity index (χ2n) is 4.18. The van der Waals surface area contributed by atoms with Crippen molar-refractivity contribution in [2.24, 2.45) is 5.73 Å². The van der Waals surface area contributed by atoms with Gasteiger partial charge in [0.1, 0.15) is 0 Å². The SMILES string of the molecule is CC1C(=O)NC(=O)CN1C(CN)c1cc(Br)cs1. The van der Waals surface area contributed by atoms with Gasteiger partial charge in [-0.25, -0.2) is 0 Å². The zero-order valence-corrected chi connectivity index (χ0v) is 12.3. The number of rotatable bonds is 3. The van der Waals surface area contributed by atoms with Crippen molar-refractivity contribution in [3.05, 3.63) is 20.8 Å². The molecule has 18 heavy (non-hydrogen) atoms. The summed E-state index contributed by atoms with van der Waals surface area (Å²) < 4.78 is 0.987. The number of amides is 2. The Morgan fingerprint density at radius 2 is 2.39 bits per heavy atom. The predicted molar refractivity (Wildman–Crippen MR) is 73.1 cm³/mol. The Balaban J connectivity index is 2.26. The van der Waals surface area contributed by atoms with E-state index < -0.39 is 0 Å². The van der Waals surface area contributed by atoms with Gasteiger partial charge in [-0.05, 0) is 28.9 Å². The molecule has 3 N–H and O–H groups in total. The predicted octanol–water partition coefficient (Wildman–Crippen LogP) is 0.857. The van der Waals surface area contributed by atoms with Gasteiger partial charge in [0.05, 0.1) is 18.6 Å². The molecule has 2 atom stereocenters. The highest BCUT2D eigenvalue weighted by molar-refractivity contribution is 9.10. The van der Waals surface area contributed by atoms with Crippen molar-refractivity contribution in [3.8, 4) is 0 Å². The standard InChI is InChI=1S/C11H14BrN3O2S/c1-6-11(17)14-10(16)4-15(6)8(3-13)9-2-7(12)5-18-9/h2,5-6,8H,3-4,13H2,1H3,(H,14,16,17). The van der Waals surface area contributed by atoms with Gasteiger partial charge in [0, 0.05) is 21.3 Å². The average molecular weight is 332 g/mol. The van der Waals surface area contributed by atoms with Crippen LogP contribution in [0.4, 0.5) is 0 Å². The van der Waals surface area contributed by atoms with Crippen molar-refractivity contribution in [2.45, 2.75) is 19.0 Å². The van der Waals surface area contributed by atoms with Crippen LogP contribution in [-0.2, 0) is 9.59 Å². The average Bonchev–Trinajstić information content (AvgIpc) is 2.73. The molecule has 0 radical (unpaired) electrons. The summed E-state index contributed by atoms with van der Waals surface area (Å²) in [5.41, 5.74) is 5.80. The lowest BCUT2D eigenvalue weighted by Gasteiger charge is -2.36. The van der Waals surface area contributed by atoms with Crippen LogP contribution in [0.3, 0.4) is 0 Å². The van der Waals surface area contributed by atoms with E-state index in [0.717, 1.165) is 9.35 Å². The molecule has 1 aromatic heterocycles. The topological polar surface area (TPSA) is 75.4 Å². The van der Waals surface area contributed by atoms with E-state index in [9.17, 15) is 9.59 Å². The molecule has 2 unspecified atom stereocenters. The van der Waals surface area contributed by atoms with Gasteiger partial charge in [-0.3, -0.25) is 19.8 Å². The molecule has 98 valence electrons. The number of nitrogens with zero attached hydrogens (tertiary/aromatic N) is 1. The first-order valence-electron chi connectivity index (χ1n) is 5.56. The number of carbonyl (C=O) groups excluding carboxylic acids is 2. The molecule has 1 aliphatic rings. The summed E-state index contributed by atoms with van der Waals surface area (Å²) >= 11 is 4.97. The zero-order valence-electron chi connectivity index (χ0n) is 9.85. The summed E-state index contributed by atoms with van der Waals surface area (Å²) in [6, 6.07) is 1.52. The minimum atomic E-state index is -0.350. The molecule has 7 heteroatoms. The molecule has 2 heterocycles. The van der Waals surface area contributed by atoms with Gasteiger partial charge in [0.25, 0.3) is 0 Å². The monoisotopic (exact) mass is 331 g/mol. The fourth-order valence-corrected chi connectivity index (χ4v) is 3.61. The third-order valence-corrected chi connectivity index (χ3v) is 4.80. The van der Waals surface area contributed by atoms with Crippen LogP contribution in [0.2, 0.25) is 0 Å². The van der Waals surface area contributed by atoms with Crippen molar-refractivity contribution >= 4 is 39.1 Å². The number of halogens is 1. The summed E-state index contributed by atoms with van der Waals surface area (Å²) in [6.45, 7) is 2.36. The summed E-state index contributed by atoms with van der Waals surface area (Å²) in [5.74, 6) is -0.535. The summed E-state index contributed by atoms with van der Waals surface area (Å²) in [5, 5.41) is 4.30. The first-order chi connectivity index (χ1) is 8.52. The van der Waals surface area contributed by atoms with E-state index in [1.54, 1.807) is 18.3 Å². The van der Waals surface area contributed by atoms with Gasteiger partial charge in [-0.1, -0.05) is 0 Å². The van der Waals surface area contributed by atoms with Gasteiger partial charge in [0.15, 0.2) is 0 Å².